The Morgan fingerprint density at radius 1 is 1.03 bits per heavy atom. The van der Waals surface area contributed by atoms with E-state index in [1.807, 2.05) is 0 Å². The van der Waals surface area contributed by atoms with Gasteiger partial charge >= 0.3 is 6.18 Å². The summed E-state index contributed by atoms with van der Waals surface area (Å²) >= 11 is 0. The van der Waals surface area contributed by atoms with Crippen LogP contribution < -0.4 is 15.4 Å². The van der Waals surface area contributed by atoms with Crippen molar-refractivity contribution in [3.05, 3.63) is 81.3 Å². The van der Waals surface area contributed by atoms with E-state index >= 15 is 0 Å². The van der Waals surface area contributed by atoms with E-state index in [1.165, 1.54) is 40.1 Å². The van der Waals surface area contributed by atoms with E-state index in [1.54, 1.807) is 13.8 Å². The van der Waals surface area contributed by atoms with Crippen molar-refractivity contribution < 1.29 is 22.4 Å². The van der Waals surface area contributed by atoms with Crippen LogP contribution in [0.3, 0.4) is 0 Å². The number of carbonyl (C=O) groups excluding carboxylic acids is 1. The Balaban J connectivity index is 1.94. The summed E-state index contributed by atoms with van der Waals surface area (Å²) in [6.07, 6.45) is -3.38. The predicted molar refractivity (Wildman–Crippen MR) is 111 cm³/mol. The van der Waals surface area contributed by atoms with Crippen molar-refractivity contribution in [2.75, 3.05) is 16.5 Å². The minimum Gasteiger partial charge on any atom is -0.324 e. The predicted octanol–water partition coefficient (Wildman–Crippen LogP) is 4.55. The number of aryl methyl sites for hydroxylation is 2. The minimum atomic E-state index is -4.70. The van der Waals surface area contributed by atoms with E-state index < -0.39 is 23.6 Å². The van der Waals surface area contributed by atoms with Crippen LogP contribution in [-0.4, -0.2) is 22.5 Å². The number of pyridine rings is 2. The van der Waals surface area contributed by atoms with E-state index in [4.69, 9.17) is 0 Å². The molecule has 1 amide bonds. The molecule has 0 bridgehead atoms. The molecule has 0 radical (unpaired) electrons. The summed E-state index contributed by atoms with van der Waals surface area (Å²) in [5, 5.41) is 0. The lowest BCUT2D eigenvalue weighted by Gasteiger charge is -2.39. The van der Waals surface area contributed by atoms with Crippen LogP contribution in [0.4, 0.5) is 34.6 Å². The van der Waals surface area contributed by atoms with Gasteiger partial charge in [-0.15, -0.1) is 0 Å². The summed E-state index contributed by atoms with van der Waals surface area (Å²) in [6, 6.07) is 7.55. The average molecular weight is 446 g/mol. The van der Waals surface area contributed by atoms with E-state index in [0.717, 1.165) is 12.3 Å². The lowest BCUT2D eigenvalue weighted by molar-refractivity contribution is -0.141. The molecule has 3 heterocycles. The molecule has 1 aliphatic rings. The average Bonchev–Trinajstić information content (AvgIpc) is 2.74. The number of H-pyrrole nitrogens is 1. The fraction of sp³-hybridized carbons (Fsp3) is 0.227. The van der Waals surface area contributed by atoms with Crippen LogP contribution in [0.1, 0.15) is 34.2 Å². The Labute approximate surface area is 180 Å². The molecule has 32 heavy (non-hydrogen) atoms. The van der Waals surface area contributed by atoms with E-state index in [0.29, 0.717) is 29.1 Å². The number of anilines is 3. The van der Waals surface area contributed by atoms with E-state index in [2.05, 4.69) is 9.97 Å². The van der Waals surface area contributed by atoms with Gasteiger partial charge in [-0.3, -0.25) is 19.5 Å². The van der Waals surface area contributed by atoms with Crippen LogP contribution in [0.25, 0.3) is 0 Å². The highest BCUT2D eigenvalue weighted by atomic mass is 19.4. The van der Waals surface area contributed by atoms with Crippen LogP contribution in [0, 0.1) is 12.7 Å². The summed E-state index contributed by atoms with van der Waals surface area (Å²) in [4.78, 5) is 33.8. The number of aromatic nitrogens is 2. The monoisotopic (exact) mass is 446 g/mol. The molecule has 6 nitrogen and oxygen atoms in total. The SMILES string of the molecule is CCc1cc(F)ccc1N1CN(c2ccc(=O)[nH]c2C)C(=O)c2cnc(C(F)(F)F)cc21. The number of rotatable bonds is 3. The third-order valence-electron chi connectivity index (χ3n) is 5.31. The van der Waals surface area contributed by atoms with Crippen LogP contribution in [-0.2, 0) is 12.6 Å². The van der Waals surface area contributed by atoms with Gasteiger partial charge in [-0.1, -0.05) is 6.92 Å². The Bertz CT molecular complexity index is 1270. The second-order valence-corrected chi connectivity index (χ2v) is 7.35. The third-order valence-corrected chi connectivity index (χ3v) is 5.31. The Hall–Kier alpha value is -3.69. The van der Waals surface area contributed by atoms with Crippen molar-refractivity contribution in [2.24, 2.45) is 0 Å². The molecule has 1 N–H and O–H groups in total. The van der Waals surface area contributed by atoms with Crippen molar-refractivity contribution in [3.8, 4) is 0 Å². The molecule has 0 atom stereocenters. The van der Waals surface area contributed by atoms with Crippen molar-refractivity contribution in [3.63, 3.8) is 0 Å². The molecule has 1 aliphatic heterocycles. The Kier molecular flexibility index (Phi) is 5.23. The number of amides is 1. The number of aromatic amines is 1. The van der Waals surface area contributed by atoms with E-state index in [9.17, 15) is 27.2 Å². The molecule has 0 aliphatic carbocycles. The van der Waals surface area contributed by atoms with Gasteiger partial charge in [0.05, 0.1) is 16.9 Å². The van der Waals surface area contributed by atoms with E-state index in [-0.39, 0.29) is 23.5 Å². The van der Waals surface area contributed by atoms with Gasteiger partial charge < -0.3 is 9.88 Å². The molecule has 3 aromatic rings. The molecule has 4 rings (SSSR count). The molecular formula is C22H18F4N4O2. The second-order valence-electron chi connectivity index (χ2n) is 7.35. The molecule has 166 valence electrons. The molecule has 1 aromatic carbocycles. The first-order valence-electron chi connectivity index (χ1n) is 9.75. The standard InChI is InChI=1S/C22H18F4N4O2/c1-3-13-8-14(23)4-5-17(13)29-11-30(16-6-7-20(31)28-12(16)2)21(32)15-10-27-19(9-18(15)29)22(24,25)26/h4-10H,3,11H2,1-2H3,(H,28,31). The summed E-state index contributed by atoms with van der Waals surface area (Å²) in [7, 11) is 0. The number of benzene rings is 1. The van der Waals surface area contributed by atoms with Gasteiger partial charge in [0.2, 0.25) is 5.56 Å². The Morgan fingerprint density at radius 3 is 2.41 bits per heavy atom. The first-order chi connectivity index (χ1) is 15.1. The second kappa shape index (κ2) is 7.77. The first kappa shape index (κ1) is 21.5. The third kappa shape index (κ3) is 3.72. The van der Waals surface area contributed by atoms with Gasteiger partial charge in [0, 0.05) is 23.6 Å². The topological polar surface area (TPSA) is 69.3 Å². The summed E-state index contributed by atoms with van der Waals surface area (Å²) < 4.78 is 53.9. The van der Waals surface area contributed by atoms with Crippen molar-refractivity contribution in [2.45, 2.75) is 26.4 Å². The van der Waals surface area contributed by atoms with Gasteiger partial charge in [0.15, 0.2) is 0 Å². The van der Waals surface area contributed by atoms with Crippen molar-refractivity contribution >= 4 is 23.0 Å². The molecule has 0 spiro atoms. The van der Waals surface area contributed by atoms with Gasteiger partial charge in [0.1, 0.15) is 18.2 Å². The number of hydrogen-bond acceptors (Lipinski definition) is 4. The Morgan fingerprint density at radius 2 is 1.75 bits per heavy atom. The summed E-state index contributed by atoms with van der Waals surface area (Å²) in [5.41, 5.74) is 0.342. The largest absolute Gasteiger partial charge is 0.433 e. The highest BCUT2D eigenvalue weighted by Gasteiger charge is 2.38. The number of hydrogen-bond donors (Lipinski definition) is 1. The highest BCUT2D eigenvalue weighted by molar-refractivity contribution is 6.12. The fourth-order valence-corrected chi connectivity index (χ4v) is 3.77. The molecule has 0 saturated carbocycles. The van der Waals surface area contributed by atoms with Gasteiger partial charge in [0.25, 0.3) is 5.91 Å². The maximum Gasteiger partial charge on any atom is 0.433 e. The molecule has 0 saturated heterocycles. The minimum absolute atomic E-state index is 0.0250. The number of carbonyl (C=O) groups is 1. The van der Waals surface area contributed by atoms with Gasteiger partial charge in [-0.2, -0.15) is 13.2 Å². The van der Waals surface area contributed by atoms with Crippen LogP contribution >= 0.6 is 0 Å². The zero-order chi connectivity index (χ0) is 23.2. The summed E-state index contributed by atoms with van der Waals surface area (Å²) in [5.74, 6) is -1.04. The highest BCUT2D eigenvalue weighted by Crippen LogP contribution is 2.40. The first-order valence-corrected chi connectivity index (χ1v) is 9.75. The van der Waals surface area contributed by atoms with Gasteiger partial charge in [-0.05, 0) is 49.2 Å². The molecule has 0 fully saturated rings. The smallest absolute Gasteiger partial charge is 0.324 e. The van der Waals surface area contributed by atoms with Crippen LogP contribution in [0.15, 0.2) is 47.4 Å². The lowest BCUT2D eigenvalue weighted by atomic mass is 10.0. The quantitative estimate of drug-likeness (QED) is 0.600. The molecule has 2 aromatic heterocycles. The van der Waals surface area contributed by atoms with Crippen LogP contribution in [0.2, 0.25) is 0 Å². The number of nitrogens with one attached hydrogen (secondary N) is 1. The fourth-order valence-electron chi connectivity index (χ4n) is 3.77. The molecule has 0 unspecified atom stereocenters. The molecular weight excluding hydrogens is 428 g/mol. The zero-order valence-electron chi connectivity index (χ0n) is 17.1. The molecule has 10 heteroatoms. The number of fused-ring (bicyclic) bond motifs is 1. The van der Waals surface area contributed by atoms with Crippen LogP contribution in [0.5, 0.6) is 0 Å². The maximum atomic E-state index is 13.8. The number of alkyl halides is 3. The lowest BCUT2D eigenvalue weighted by Crippen LogP contribution is -2.46. The normalized spacial score (nSPS) is 14.0. The maximum absolute atomic E-state index is 13.8. The number of nitrogens with zero attached hydrogens (tertiary/aromatic N) is 3. The van der Waals surface area contributed by atoms with Crippen molar-refractivity contribution in [1.29, 1.82) is 0 Å². The summed E-state index contributed by atoms with van der Waals surface area (Å²) in [6.45, 7) is 3.27. The zero-order valence-corrected chi connectivity index (χ0v) is 17.1. The van der Waals surface area contributed by atoms with Gasteiger partial charge in [-0.25, -0.2) is 4.39 Å². The number of halogens is 4. The van der Waals surface area contributed by atoms with Crippen molar-refractivity contribution in [1.82, 2.24) is 9.97 Å².